The average Bonchev–Trinajstić information content (AvgIpc) is 2.41. The van der Waals surface area contributed by atoms with Crippen molar-refractivity contribution < 1.29 is 4.74 Å². The Morgan fingerprint density at radius 1 is 0.905 bits per heavy atom. The summed E-state index contributed by atoms with van der Waals surface area (Å²) in [6, 6.07) is 8.49. The van der Waals surface area contributed by atoms with Gasteiger partial charge in [0, 0.05) is 18.8 Å². The quantitative estimate of drug-likeness (QED) is 0.570. The molecule has 0 aromatic heterocycles. The Bertz CT molecular complexity index is 381. The molecule has 0 atom stereocenters. The van der Waals surface area contributed by atoms with Gasteiger partial charge in [0.05, 0.1) is 5.60 Å². The van der Waals surface area contributed by atoms with Crippen LogP contribution < -0.4 is 5.32 Å². The highest BCUT2D eigenvalue weighted by atomic mass is 16.5. The maximum Gasteiger partial charge on any atom is 0.0598 e. The van der Waals surface area contributed by atoms with Gasteiger partial charge < -0.3 is 10.1 Å². The van der Waals surface area contributed by atoms with Gasteiger partial charge in [-0.2, -0.15) is 0 Å². The van der Waals surface area contributed by atoms with Crippen molar-refractivity contribution in [3.05, 3.63) is 29.8 Å². The molecule has 0 saturated carbocycles. The summed E-state index contributed by atoms with van der Waals surface area (Å²) >= 11 is 0. The van der Waals surface area contributed by atoms with Gasteiger partial charge in [-0.25, -0.2) is 0 Å². The number of para-hydroxylation sites is 1. The molecule has 0 spiro atoms. The first kappa shape index (κ1) is 18.0. The second-order valence-electron chi connectivity index (χ2n) is 6.82. The maximum absolute atomic E-state index is 5.72. The molecular weight excluding hydrogens is 258 g/mol. The molecule has 0 fully saturated rings. The third-order valence-electron chi connectivity index (χ3n) is 3.57. The van der Waals surface area contributed by atoms with Gasteiger partial charge in [0.25, 0.3) is 0 Å². The van der Waals surface area contributed by atoms with Crippen molar-refractivity contribution in [1.29, 1.82) is 0 Å². The van der Waals surface area contributed by atoms with Crippen LogP contribution in [0, 0.1) is 6.92 Å². The van der Waals surface area contributed by atoms with E-state index in [-0.39, 0.29) is 5.60 Å². The highest BCUT2D eigenvalue weighted by Crippen LogP contribution is 2.14. The molecule has 0 heterocycles. The van der Waals surface area contributed by atoms with Gasteiger partial charge in [0.2, 0.25) is 0 Å². The van der Waals surface area contributed by atoms with Crippen molar-refractivity contribution in [1.82, 2.24) is 0 Å². The van der Waals surface area contributed by atoms with E-state index in [0.717, 1.165) is 13.2 Å². The molecule has 2 nitrogen and oxygen atoms in total. The number of ether oxygens (including phenoxy) is 1. The lowest BCUT2D eigenvalue weighted by Gasteiger charge is -2.19. The first-order valence-corrected chi connectivity index (χ1v) is 8.42. The average molecular weight is 291 g/mol. The predicted molar refractivity (Wildman–Crippen MR) is 93.1 cm³/mol. The number of aryl methyl sites for hydroxylation is 1. The van der Waals surface area contributed by atoms with Gasteiger partial charge in [-0.1, -0.05) is 43.9 Å². The number of benzene rings is 1. The van der Waals surface area contributed by atoms with Gasteiger partial charge in [-0.05, 0) is 52.2 Å². The molecule has 0 aliphatic carbocycles. The Morgan fingerprint density at radius 3 is 2.19 bits per heavy atom. The van der Waals surface area contributed by atoms with Crippen LogP contribution in [0.5, 0.6) is 0 Å². The van der Waals surface area contributed by atoms with Crippen LogP contribution in [0.3, 0.4) is 0 Å². The fraction of sp³-hybridized carbons (Fsp3) is 0.684. The third kappa shape index (κ3) is 9.52. The molecule has 0 aliphatic rings. The standard InChI is InChI=1S/C19H33NO/c1-17-13-9-10-14-18(17)20-15-11-7-5-6-8-12-16-21-19(2,3)4/h9-10,13-14,20H,5-8,11-12,15-16H2,1-4H3. The molecule has 1 N–H and O–H groups in total. The van der Waals surface area contributed by atoms with Crippen molar-refractivity contribution in [2.75, 3.05) is 18.5 Å². The van der Waals surface area contributed by atoms with Crippen molar-refractivity contribution in [3.8, 4) is 0 Å². The van der Waals surface area contributed by atoms with Crippen molar-refractivity contribution in [2.24, 2.45) is 0 Å². The van der Waals surface area contributed by atoms with E-state index in [2.05, 4.69) is 57.3 Å². The van der Waals surface area contributed by atoms with Crippen LogP contribution in [0.15, 0.2) is 24.3 Å². The molecule has 2 heteroatoms. The van der Waals surface area contributed by atoms with Crippen LogP contribution in [0.2, 0.25) is 0 Å². The van der Waals surface area contributed by atoms with E-state index in [0.29, 0.717) is 0 Å². The van der Waals surface area contributed by atoms with Gasteiger partial charge in [-0.15, -0.1) is 0 Å². The zero-order valence-electron chi connectivity index (χ0n) is 14.4. The number of anilines is 1. The smallest absolute Gasteiger partial charge is 0.0598 e. The van der Waals surface area contributed by atoms with Gasteiger partial charge in [0.1, 0.15) is 0 Å². The summed E-state index contributed by atoms with van der Waals surface area (Å²) in [6.45, 7) is 10.5. The summed E-state index contributed by atoms with van der Waals surface area (Å²) < 4.78 is 5.72. The Balaban J connectivity index is 1.90. The summed E-state index contributed by atoms with van der Waals surface area (Å²) in [5.74, 6) is 0. The van der Waals surface area contributed by atoms with E-state index in [1.165, 1.54) is 49.8 Å². The minimum Gasteiger partial charge on any atom is -0.385 e. The Morgan fingerprint density at radius 2 is 1.52 bits per heavy atom. The number of hydrogen-bond donors (Lipinski definition) is 1. The summed E-state index contributed by atoms with van der Waals surface area (Å²) in [6.07, 6.45) is 7.73. The fourth-order valence-electron chi connectivity index (χ4n) is 2.31. The van der Waals surface area contributed by atoms with E-state index in [9.17, 15) is 0 Å². The molecule has 0 aliphatic heterocycles. The maximum atomic E-state index is 5.72. The van der Waals surface area contributed by atoms with E-state index in [1.54, 1.807) is 0 Å². The highest BCUT2D eigenvalue weighted by molar-refractivity contribution is 5.49. The Kier molecular flexibility index (Phi) is 8.44. The van der Waals surface area contributed by atoms with Crippen LogP contribution in [-0.2, 0) is 4.74 Å². The van der Waals surface area contributed by atoms with Crippen LogP contribution in [0.25, 0.3) is 0 Å². The molecular formula is C19H33NO. The monoisotopic (exact) mass is 291 g/mol. The van der Waals surface area contributed by atoms with Gasteiger partial charge in [0.15, 0.2) is 0 Å². The van der Waals surface area contributed by atoms with E-state index in [1.807, 2.05) is 0 Å². The van der Waals surface area contributed by atoms with Gasteiger partial charge >= 0.3 is 0 Å². The lowest BCUT2D eigenvalue weighted by atomic mass is 10.1. The highest BCUT2D eigenvalue weighted by Gasteiger charge is 2.08. The number of hydrogen-bond acceptors (Lipinski definition) is 2. The molecule has 120 valence electrons. The summed E-state index contributed by atoms with van der Waals surface area (Å²) in [5.41, 5.74) is 2.62. The molecule has 0 amide bonds. The third-order valence-corrected chi connectivity index (χ3v) is 3.57. The molecule has 0 saturated heterocycles. The first-order chi connectivity index (χ1) is 9.99. The molecule has 1 aromatic carbocycles. The molecule has 0 bridgehead atoms. The second-order valence-corrected chi connectivity index (χ2v) is 6.82. The fourth-order valence-corrected chi connectivity index (χ4v) is 2.31. The van der Waals surface area contributed by atoms with Crippen molar-refractivity contribution in [2.45, 2.75) is 71.8 Å². The van der Waals surface area contributed by atoms with Gasteiger partial charge in [-0.3, -0.25) is 0 Å². The Labute approximate surface area is 131 Å². The minimum atomic E-state index is 0.0151. The van der Waals surface area contributed by atoms with Crippen LogP contribution in [-0.4, -0.2) is 18.8 Å². The molecule has 21 heavy (non-hydrogen) atoms. The summed E-state index contributed by atoms with van der Waals surface area (Å²) in [7, 11) is 0. The minimum absolute atomic E-state index is 0.0151. The molecule has 0 unspecified atom stereocenters. The summed E-state index contributed by atoms with van der Waals surface area (Å²) in [5, 5.41) is 3.52. The summed E-state index contributed by atoms with van der Waals surface area (Å²) in [4.78, 5) is 0. The zero-order valence-corrected chi connectivity index (χ0v) is 14.4. The van der Waals surface area contributed by atoms with Crippen molar-refractivity contribution in [3.63, 3.8) is 0 Å². The van der Waals surface area contributed by atoms with Crippen LogP contribution >= 0.6 is 0 Å². The molecule has 1 rings (SSSR count). The SMILES string of the molecule is Cc1ccccc1NCCCCCCCCOC(C)(C)C. The zero-order chi connectivity index (χ0) is 15.6. The topological polar surface area (TPSA) is 21.3 Å². The molecule has 1 aromatic rings. The normalized spacial score (nSPS) is 11.6. The molecule has 0 radical (unpaired) electrons. The van der Waals surface area contributed by atoms with Crippen LogP contribution in [0.1, 0.15) is 64.9 Å². The van der Waals surface area contributed by atoms with E-state index in [4.69, 9.17) is 4.74 Å². The predicted octanol–water partition coefficient (Wildman–Crippen LogP) is 5.56. The largest absolute Gasteiger partial charge is 0.385 e. The number of unbranched alkanes of at least 4 members (excludes halogenated alkanes) is 5. The second kappa shape index (κ2) is 9.83. The van der Waals surface area contributed by atoms with E-state index < -0.39 is 0 Å². The lowest BCUT2D eigenvalue weighted by molar-refractivity contribution is -0.00474. The van der Waals surface area contributed by atoms with Crippen molar-refractivity contribution >= 4 is 5.69 Å². The Hall–Kier alpha value is -1.02. The van der Waals surface area contributed by atoms with E-state index >= 15 is 0 Å². The number of rotatable bonds is 10. The lowest BCUT2D eigenvalue weighted by Crippen LogP contribution is -2.19. The first-order valence-electron chi connectivity index (χ1n) is 8.42. The number of nitrogens with one attached hydrogen (secondary N) is 1. The van der Waals surface area contributed by atoms with Crippen LogP contribution in [0.4, 0.5) is 5.69 Å².